The minimum Gasteiger partial charge on any atom is -0.306 e. The Bertz CT molecular complexity index is 701. The standard InChI is InChI=1S/C11H7N3OS/c15-10-1-3-12-11(14-10)7-5-9-8(13-6-7)2-4-16-9/h1-6H,(H,12,14,15). The van der Waals surface area contributed by atoms with Gasteiger partial charge in [-0.3, -0.25) is 9.78 Å². The van der Waals surface area contributed by atoms with Crippen molar-refractivity contribution in [1.29, 1.82) is 0 Å². The molecule has 0 fully saturated rings. The van der Waals surface area contributed by atoms with Crippen molar-refractivity contribution in [2.24, 2.45) is 0 Å². The minimum absolute atomic E-state index is 0.156. The van der Waals surface area contributed by atoms with Crippen LogP contribution in [-0.4, -0.2) is 15.0 Å². The lowest BCUT2D eigenvalue weighted by Gasteiger charge is -1.99. The molecule has 0 aliphatic heterocycles. The van der Waals surface area contributed by atoms with Crippen molar-refractivity contribution in [3.63, 3.8) is 0 Å². The van der Waals surface area contributed by atoms with Crippen LogP contribution in [0.4, 0.5) is 0 Å². The first-order chi connectivity index (χ1) is 7.83. The Morgan fingerprint density at radius 2 is 2.19 bits per heavy atom. The molecule has 3 aromatic heterocycles. The summed E-state index contributed by atoms with van der Waals surface area (Å²) in [6, 6.07) is 5.33. The average Bonchev–Trinajstić information content (AvgIpc) is 2.75. The molecule has 3 aromatic rings. The Morgan fingerprint density at radius 3 is 3.06 bits per heavy atom. The summed E-state index contributed by atoms with van der Waals surface area (Å²) >= 11 is 1.62. The summed E-state index contributed by atoms with van der Waals surface area (Å²) in [7, 11) is 0. The quantitative estimate of drug-likeness (QED) is 0.694. The van der Waals surface area contributed by atoms with Gasteiger partial charge in [0.25, 0.3) is 5.56 Å². The average molecular weight is 229 g/mol. The molecule has 78 valence electrons. The van der Waals surface area contributed by atoms with Crippen molar-refractivity contribution in [2.45, 2.75) is 0 Å². The molecule has 0 aliphatic rings. The highest BCUT2D eigenvalue weighted by Crippen LogP contribution is 2.23. The molecular formula is C11H7N3OS. The Labute approximate surface area is 94.6 Å². The maximum absolute atomic E-state index is 11.2. The van der Waals surface area contributed by atoms with Crippen molar-refractivity contribution >= 4 is 21.6 Å². The summed E-state index contributed by atoms with van der Waals surface area (Å²) in [5.41, 5.74) is 1.64. The fourth-order valence-electron chi connectivity index (χ4n) is 1.49. The van der Waals surface area contributed by atoms with Gasteiger partial charge < -0.3 is 4.98 Å². The number of aromatic amines is 1. The number of thiophene rings is 1. The minimum atomic E-state index is -0.156. The second kappa shape index (κ2) is 3.53. The maximum atomic E-state index is 11.2. The largest absolute Gasteiger partial charge is 0.306 e. The van der Waals surface area contributed by atoms with E-state index in [2.05, 4.69) is 15.0 Å². The molecule has 0 spiro atoms. The van der Waals surface area contributed by atoms with Crippen molar-refractivity contribution in [2.75, 3.05) is 0 Å². The molecule has 0 bridgehead atoms. The van der Waals surface area contributed by atoms with Crippen LogP contribution in [0, 0.1) is 0 Å². The van der Waals surface area contributed by atoms with E-state index >= 15 is 0 Å². The van der Waals surface area contributed by atoms with Gasteiger partial charge >= 0.3 is 0 Å². The molecule has 16 heavy (non-hydrogen) atoms. The highest BCUT2D eigenvalue weighted by molar-refractivity contribution is 7.17. The third kappa shape index (κ3) is 1.51. The lowest BCUT2D eigenvalue weighted by Crippen LogP contribution is -2.05. The number of fused-ring (bicyclic) bond motifs is 1. The maximum Gasteiger partial charge on any atom is 0.251 e. The number of nitrogens with zero attached hydrogens (tertiary/aromatic N) is 2. The van der Waals surface area contributed by atoms with Crippen LogP contribution in [-0.2, 0) is 0 Å². The first kappa shape index (κ1) is 9.23. The lowest BCUT2D eigenvalue weighted by molar-refractivity contribution is 1.12. The Morgan fingerprint density at radius 1 is 1.25 bits per heavy atom. The van der Waals surface area contributed by atoms with E-state index in [-0.39, 0.29) is 5.56 Å². The molecule has 0 aliphatic carbocycles. The summed E-state index contributed by atoms with van der Waals surface area (Å²) in [6.45, 7) is 0. The van der Waals surface area contributed by atoms with E-state index in [0.29, 0.717) is 5.82 Å². The number of rotatable bonds is 1. The normalized spacial score (nSPS) is 10.8. The summed E-state index contributed by atoms with van der Waals surface area (Å²) < 4.78 is 1.09. The molecule has 0 radical (unpaired) electrons. The molecule has 4 nitrogen and oxygen atoms in total. The summed E-state index contributed by atoms with van der Waals surface area (Å²) in [5.74, 6) is 0.551. The monoisotopic (exact) mass is 229 g/mol. The van der Waals surface area contributed by atoms with Gasteiger partial charge in [0.05, 0.1) is 10.2 Å². The molecule has 0 aromatic carbocycles. The van der Waals surface area contributed by atoms with E-state index in [4.69, 9.17) is 0 Å². The SMILES string of the molecule is O=c1ccnc(-c2cnc3ccsc3c2)[nH]1. The summed E-state index contributed by atoms with van der Waals surface area (Å²) in [5, 5.41) is 1.99. The predicted molar refractivity (Wildman–Crippen MR) is 63.5 cm³/mol. The van der Waals surface area contributed by atoms with Crippen molar-refractivity contribution in [1.82, 2.24) is 15.0 Å². The number of aromatic nitrogens is 3. The van der Waals surface area contributed by atoms with Crippen LogP contribution < -0.4 is 5.56 Å². The van der Waals surface area contributed by atoms with Crippen molar-refractivity contribution in [3.05, 3.63) is 46.3 Å². The Hall–Kier alpha value is -2.01. The number of nitrogens with one attached hydrogen (secondary N) is 1. The van der Waals surface area contributed by atoms with E-state index in [9.17, 15) is 4.79 Å². The highest BCUT2D eigenvalue weighted by Gasteiger charge is 2.03. The van der Waals surface area contributed by atoms with Gasteiger partial charge in [0.2, 0.25) is 0 Å². The fourth-order valence-corrected chi connectivity index (χ4v) is 2.27. The molecule has 0 amide bonds. The molecule has 0 saturated heterocycles. The van der Waals surface area contributed by atoms with E-state index in [1.165, 1.54) is 12.3 Å². The molecule has 3 rings (SSSR count). The van der Waals surface area contributed by atoms with E-state index in [1.807, 2.05) is 17.5 Å². The van der Waals surface area contributed by atoms with Crippen LogP contribution in [0.15, 0.2) is 40.8 Å². The van der Waals surface area contributed by atoms with Crippen LogP contribution in [0.3, 0.4) is 0 Å². The van der Waals surface area contributed by atoms with Crippen LogP contribution in [0.5, 0.6) is 0 Å². The smallest absolute Gasteiger partial charge is 0.251 e. The number of hydrogen-bond donors (Lipinski definition) is 1. The zero-order chi connectivity index (χ0) is 11.0. The van der Waals surface area contributed by atoms with Gasteiger partial charge in [-0.25, -0.2) is 4.98 Å². The Balaban J connectivity index is 2.21. The summed E-state index contributed by atoms with van der Waals surface area (Å²) in [4.78, 5) is 22.2. The van der Waals surface area contributed by atoms with Gasteiger partial charge in [-0.15, -0.1) is 11.3 Å². The van der Waals surface area contributed by atoms with Crippen LogP contribution in [0.2, 0.25) is 0 Å². The van der Waals surface area contributed by atoms with Gasteiger partial charge in [0.1, 0.15) is 5.82 Å². The molecule has 0 saturated carbocycles. The zero-order valence-corrected chi connectivity index (χ0v) is 8.99. The molecular weight excluding hydrogens is 222 g/mol. The van der Waals surface area contributed by atoms with Gasteiger partial charge in [-0.2, -0.15) is 0 Å². The van der Waals surface area contributed by atoms with Crippen LogP contribution >= 0.6 is 11.3 Å². The molecule has 3 heterocycles. The lowest BCUT2D eigenvalue weighted by atomic mass is 10.2. The Kier molecular flexibility index (Phi) is 2.04. The third-order valence-corrected chi connectivity index (χ3v) is 3.10. The van der Waals surface area contributed by atoms with Crippen molar-refractivity contribution in [3.8, 4) is 11.4 Å². The second-order valence-electron chi connectivity index (χ2n) is 3.31. The fraction of sp³-hybridized carbons (Fsp3) is 0. The molecule has 0 unspecified atom stereocenters. The number of pyridine rings is 1. The van der Waals surface area contributed by atoms with Crippen molar-refractivity contribution < 1.29 is 0 Å². The second-order valence-corrected chi connectivity index (χ2v) is 4.26. The van der Waals surface area contributed by atoms with E-state index < -0.39 is 0 Å². The predicted octanol–water partition coefficient (Wildman–Crippen LogP) is 2.05. The summed E-state index contributed by atoms with van der Waals surface area (Å²) in [6.07, 6.45) is 3.21. The van der Waals surface area contributed by atoms with Crippen LogP contribution in [0.25, 0.3) is 21.6 Å². The van der Waals surface area contributed by atoms with Gasteiger partial charge in [-0.1, -0.05) is 0 Å². The number of hydrogen-bond acceptors (Lipinski definition) is 4. The molecule has 0 atom stereocenters. The van der Waals surface area contributed by atoms with Gasteiger partial charge in [-0.05, 0) is 17.5 Å². The van der Waals surface area contributed by atoms with Gasteiger partial charge in [0.15, 0.2) is 0 Å². The zero-order valence-electron chi connectivity index (χ0n) is 8.18. The van der Waals surface area contributed by atoms with Crippen LogP contribution in [0.1, 0.15) is 0 Å². The third-order valence-electron chi connectivity index (χ3n) is 2.25. The molecule has 1 N–H and O–H groups in total. The first-order valence-electron chi connectivity index (χ1n) is 4.72. The van der Waals surface area contributed by atoms with Gasteiger partial charge in [0, 0.05) is 24.0 Å². The number of H-pyrrole nitrogens is 1. The highest BCUT2D eigenvalue weighted by atomic mass is 32.1. The topological polar surface area (TPSA) is 58.6 Å². The van der Waals surface area contributed by atoms with E-state index in [0.717, 1.165) is 15.8 Å². The van der Waals surface area contributed by atoms with E-state index in [1.54, 1.807) is 17.5 Å². The first-order valence-corrected chi connectivity index (χ1v) is 5.60. The molecule has 5 heteroatoms.